The van der Waals surface area contributed by atoms with Crippen LogP contribution in [0.25, 0.3) is 0 Å². The summed E-state index contributed by atoms with van der Waals surface area (Å²) >= 11 is 6.91. The largest absolute Gasteiger partial charge is 0.507 e. The number of nitrogens with zero attached hydrogens (tertiary/aromatic N) is 2. The SMILES string of the molecule is Oc1ccc(Br)cc1C=N[C@@H](c1ccccc1)[C@@H](N=Cc1cc(Br)ccc1O)c1ccccc1. The van der Waals surface area contributed by atoms with Gasteiger partial charge in [0, 0.05) is 32.5 Å². The quantitative estimate of drug-likeness (QED) is 0.222. The van der Waals surface area contributed by atoms with Crippen LogP contribution in [0.3, 0.4) is 0 Å². The minimum absolute atomic E-state index is 0.151. The molecule has 4 aromatic rings. The summed E-state index contributed by atoms with van der Waals surface area (Å²) in [6.45, 7) is 0. The average Bonchev–Trinajstić information content (AvgIpc) is 2.86. The lowest BCUT2D eigenvalue weighted by Crippen LogP contribution is -2.09. The summed E-state index contributed by atoms with van der Waals surface area (Å²) in [7, 11) is 0. The second-order valence-electron chi connectivity index (χ2n) is 7.67. The lowest BCUT2D eigenvalue weighted by Gasteiger charge is -2.22. The predicted molar refractivity (Wildman–Crippen MR) is 145 cm³/mol. The van der Waals surface area contributed by atoms with E-state index in [1.54, 1.807) is 36.7 Å². The van der Waals surface area contributed by atoms with Gasteiger partial charge in [-0.25, -0.2) is 0 Å². The van der Waals surface area contributed by atoms with Crippen molar-refractivity contribution in [1.29, 1.82) is 0 Å². The van der Waals surface area contributed by atoms with Gasteiger partial charge in [0.25, 0.3) is 0 Å². The molecular weight excluding hydrogens is 556 g/mol. The summed E-state index contributed by atoms with van der Waals surface area (Å²) in [5.74, 6) is 0.301. The van der Waals surface area contributed by atoms with Crippen LogP contribution in [0.2, 0.25) is 0 Å². The van der Waals surface area contributed by atoms with Crippen LogP contribution in [-0.4, -0.2) is 22.6 Å². The lowest BCUT2D eigenvalue weighted by atomic mass is 9.94. The zero-order chi connectivity index (χ0) is 23.9. The van der Waals surface area contributed by atoms with Gasteiger partial charge in [-0.2, -0.15) is 0 Å². The zero-order valence-corrected chi connectivity index (χ0v) is 21.3. The first kappa shape index (κ1) is 23.9. The van der Waals surface area contributed by atoms with Gasteiger partial charge in [-0.05, 0) is 47.5 Å². The zero-order valence-electron chi connectivity index (χ0n) is 18.1. The number of phenols is 2. The number of rotatable bonds is 7. The van der Waals surface area contributed by atoms with E-state index in [1.807, 2.05) is 72.8 Å². The number of phenolic OH excluding ortho intramolecular Hbond substituents is 2. The highest BCUT2D eigenvalue weighted by molar-refractivity contribution is 9.10. The second-order valence-corrected chi connectivity index (χ2v) is 9.51. The Labute approximate surface area is 215 Å². The summed E-state index contributed by atoms with van der Waals surface area (Å²) in [4.78, 5) is 9.81. The number of aliphatic imine (C=N–C) groups is 2. The first-order valence-electron chi connectivity index (χ1n) is 10.6. The van der Waals surface area contributed by atoms with Crippen molar-refractivity contribution >= 4 is 44.3 Å². The van der Waals surface area contributed by atoms with E-state index in [-0.39, 0.29) is 23.6 Å². The van der Waals surface area contributed by atoms with Gasteiger partial charge >= 0.3 is 0 Å². The molecule has 0 heterocycles. The summed E-state index contributed by atoms with van der Waals surface area (Å²) in [6.07, 6.45) is 3.36. The molecule has 2 N–H and O–H groups in total. The van der Waals surface area contributed by atoms with Gasteiger partial charge in [0.1, 0.15) is 23.6 Å². The summed E-state index contributed by atoms with van der Waals surface area (Å²) in [6, 6.07) is 29.6. The molecule has 0 aliphatic carbocycles. The number of hydrogen-bond donors (Lipinski definition) is 2. The third-order valence-electron chi connectivity index (χ3n) is 5.31. The molecule has 0 amide bonds. The summed E-state index contributed by atoms with van der Waals surface area (Å²) in [5.41, 5.74) is 3.18. The minimum Gasteiger partial charge on any atom is -0.507 e. The average molecular weight is 578 g/mol. The van der Waals surface area contributed by atoms with Crippen LogP contribution >= 0.6 is 31.9 Å². The fourth-order valence-electron chi connectivity index (χ4n) is 3.58. The maximum Gasteiger partial charge on any atom is 0.124 e. The Balaban J connectivity index is 1.81. The number of benzene rings is 4. The second kappa shape index (κ2) is 11.3. The molecule has 170 valence electrons. The van der Waals surface area contributed by atoms with Crippen molar-refractivity contribution in [3.8, 4) is 11.5 Å². The predicted octanol–water partition coefficient (Wildman–Crippen LogP) is 7.64. The van der Waals surface area contributed by atoms with Gasteiger partial charge in [-0.15, -0.1) is 0 Å². The smallest absolute Gasteiger partial charge is 0.124 e. The molecule has 0 fully saturated rings. The Kier molecular flexibility index (Phi) is 7.93. The summed E-state index contributed by atoms with van der Waals surface area (Å²) in [5, 5.41) is 20.6. The third kappa shape index (κ3) is 6.01. The maximum atomic E-state index is 10.3. The fourth-order valence-corrected chi connectivity index (χ4v) is 4.34. The standard InChI is InChI=1S/C28H22Br2N2O2/c29-23-11-13-25(33)21(15-23)17-31-27(19-7-3-1-4-8-19)28(20-9-5-2-6-10-20)32-18-22-16-24(30)12-14-26(22)34/h1-18,27-28,33-34H/t27-,28-/m0/s1. The monoisotopic (exact) mass is 576 g/mol. The molecule has 6 heteroatoms. The maximum absolute atomic E-state index is 10.3. The van der Waals surface area contributed by atoms with Crippen LogP contribution < -0.4 is 0 Å². The molecule has 0 saturated carbocycles. The van der Waals surface area contributed by atoms with E-state index in [4.69, 9.17) is 9.98 Å². The van der Waals surface area contributed by atoms with Gasteiger partial charge in [0.2, 0.25) is 0 Å². The van der Waals surface area contributed by atoms with Crippen LogP contribution in [-0.2, 0) is 0 Å². The van der Waals surface area contributed by atoms with Crippen LogP contribution in [0.15, 0.2) is 116 Å². The molecule has 4 aromatic carbocycles. The molecule has 0 aromatic heterocycles. The lowest BCUT2D eigenvalue weighted by molar-refractivity contribution is 0.473. The van der Waals surface area contributed by atoms with Crippen LogP contribution in [0.5, 0.6) is 11.5 Å². The van der Waals surface area contributed by atoms with Gasteiger partial charge in [0.15, 0.2) is 0 Å². The normalized spacial score (nSPS) is 13.4. The molecule has 0 spiro atoms. The Hall–Kier alpha value is -3.22. The van der Waals surface area contributed by atoms with Gasteiger partial charge < -0.3 is 10.2 Å². The fraction of sp³-hybridized carbons (Fsp3) is 0.0714. The molecule has 4 nitrogen and oxygen atoms in total. The number of halogens is 2. The van der Waals surface area contributed by atoms with Crippen LogP contribution in [0.4, 0.5) is 0 Å². The van der Waals surface area contributed by atoms with E-state index in [9.17, 15) is 10.2 Å². The van der Waals surface area contributed by atoms with Crippen molar-refractivity contribution < 1.29 is 10.2 Å². The minimum atomic E-state index is -0.368. The number of hydrogen-bond acceptors (Lipinski definition) is 4. The van der Waals surface area contributed by atoms with E-state index in [2.05, 4.69) is 31.9 Å². The molecule has 0 unspecified atom stereocenters. The molecular formula is C28H22Br2N2O2. The third-order valence-corrected chi connectivity index (χ3v) is 6.30. The van der Waals surface area contributed by atoms with Gasteiger partial charge in [-0.1, -0.05) is 92.5 Å². The van der Waals surface area contributed by atoms with Gasteiger partial charge in [-0.3, -0.25) is 9.98 Å². The van der Waals surface area contributed by atoms with Crippen LogP contribution in [0, 0.1) is 0 Å². The highest BCUT2D eigenvalue weighted by atomic mass is 79.9. The Bertz CT molecular complexity index is 1210. The molecule has 0 aliphatic heterocycles. The number of aromatic hydroxyl groups is 2. The van der Waals surface area contributed by atoms with Crippen molar-refractivity contribution in [3.05, 3.63) is 128 Å². The first-order valence-corrected chi connectivity index (χ1v) is 12.2. The van der Waals surface area contributed by atoms with E-state index in [0.29, 0.717) is 11.1 Å². The van der Waals surface area contributed by atoms with Crippen molar-refractivity contribution in [3.63, 3.8) is 0 Å². The molecule has 0 aliphatic rings. The first-order chi connectivity index (χ1) is 16.5. The molecule has 0 bridgehead atoms. The molecule has 0 radical (unpaired) electrons. The van der Waals surface area contributed by atoms with E-state index in [0.717, 1.165) is 20.1 Å². The molecule has 0 saturated heterocycles. The van der Waals surface area contributed by atoms with E-state index in [1.165, 1.54) is 0 Å². The van der Waals surface area contributed by atoms with Gasteiger partial charge in [0.05, 0.1) is 0 Å². The van der Waals surface area contributed by atoms with Crippen molar-refractivity contribution in [2.24, 2.45) is 9.98 Å². The molecule has 34 heavy (non-hydrogen) atoms. The Morgan fingerprint density at radius 1 is 0.559 bits per heavy atom. The van der Waals surface area contributed by atoms with Crippen molar-refractivity contribution in [2.45, 2.75) is 12.1 Å². The highest BCUT2D eigenvalue weighted by Crippen LogP contribution is 2.36. The molecule has 2 atom stereocenters. The highest BCUT2D eigenvalue weighted by Gasteiger charge is 2.23. The van der Waals surface area contributed by atoms with Crippen LogP contribution in [0.1, 0.15) is 34.3 Å². The summed E-state index contributed by atoms with van der Waals surface area (Å²) < 4.78 is 1.71. The Morgan fingerprint density at radius 2 is 0.941 bits per heavy atom. The molecule has 4 rings (SSSR count). The van der Waals surface area contributed by atoms with E-state index < -0.39 is 0 Å². The topological polar surface area (TPSA) is 65.2 Å². The van der Waals surface area contributed by atoms with E-state index >= 15 is 0 Å². The Morgan fingerprint density at radius 3 is 1.32 bits per heavy atom. The van der Waals surface area contributed by atoms with Crippen molar-refractivity contribution in [1.82, 2.24) is 0 Å². The van der Waals surface area contributed by atoms with Crippen molar-refractivity contribution in [2.75, 3.05) is 0 Å².